The Hall–Kier alpha value is -3.39. The quantitative estimate of drug-likeness (QED) is 0.196. The molecule has 0 unspecified atom stereocenters. The number of anilines is 1. The van der Waals surface area contributed by atoms with Gasteiger partial charge in [-0.1, -0.05) is 0 Å². The van der Waals surface area contributed by atoms with Gasteiger partial charge in [0.25, 0.3) is 5.69 Å². The van der Waals surface area contributed by atoms with Crippen LogP contribution in [-0.2, 0) is 9.53 Å². The Morgan fingerprint density at radius 2 is 2.04 bits per heavy atom. The maximum atomic E-state index is 11.4. The second-order valence-electron chi connectivity index (χ2n) is 5.74. The third kappa shape index (κ3) is 3.90. The highest BCUT2D eigenvalue weighted by Crippen LogP contribution is 2.35. The lowest BCUT2D eigenvalue weighted by atomic mass is 10.1. The number of amides is 1. The summed E-state index contributed by atoms with van der Waals surface area (Å²) in [7, 11) is 1.46. The van der Waals surface area contributed by atoms with Crippen molar-refractivity contribution in [1.29, 1.82) is 0 Å². The van der Waals surface area contributed by atoms with Gasteiger partial charge in [-0.2, -0.15) is 0 Å². The molecule has 2 aromatic carbocycles. The minimum absolute atomic E-state index is 0.146. The molecule has 3 aromatic rings. The van der Waals surface area contributed by atoms with E-state index in [1.807, 2.05) is 13.0 Å². The molecule has 1 aromatic heterocycles. The van der Waals surface area contributed by atoms with Crippen molar-refractivity contribution in [3.8, 4) is 17.1 Å². The summed E-state index contributed by atoms with van der Waals surface area (Å²) in [5.74, 6) is 1.08. The van der Waals surface area contributed by atoms with Crippen LogP contribution >= 0.6 is 0 Å². The SMILES string of the molecule is CCOCOc1ccc2cc(-c3ccc(N(C)C=O)c([N+](=O)[O-])c3)oc2c1. The van der Waals surface area contributed by atoms with Crippen LogP contribution in [0.2, 0.25) is 0 Å². The largest absolute Gasteiger partial charge is 0.467 e. The summed E-state index contributed by atoms with van der Waals surface area (Å²) in [4.78, 5) is 22.9. The molecular formula is C19H18N2O6. The molecule has 0 bridgehead atoms. The molecule has 0 fully saturated rings. The van der Waals surface area contributed by atoms with Crippen LogP contribution in [0.15, 0.2) is 46.9 Å². The number of nitrogens with zero attached hydrogens (tertiary/aromatic N) is 2. The molecule has 0 aliphatic rings. The molecule has 140 valence electrons. The van der Waals surface area contributed by atoms with Crippen LogP contribution in [0.1, 0.15) is 6.92 Å². The van der Waals surface area contributed by atoms with E-state index in [1.54, 1.807) is 24.3 Å². The van der Waals surface area contributed by atoms with Crippen LogP contribution < -0.4 is 9.64 Å². The predicted molar refractivity (Wildman–Crippen MR) is 99.9 cm³/mol. The van der Waals surface area contributed by atoms with Gasteiger partial charge in [-0.25, -0.2) is 0 Å². The van der Waals surface area contributed by atoms with Crippen molar-refractivity contribution in [3.05, 3.63) is 52.6 Å². The van der Waals surface area contributed by atoms with Crippen molar-refractivity contribution in [2.24, 2.45) is 0 Å². The highest BCUT2D eigenvalue weighted by atomic mass is 16.7. The lowest BCUT2D eigenvalue weighted by molar-refractivity contribution is -0.384. The zero-order valence-electron chi connectivity index (χ0n) is 14.9. The first-order valence-electron chi connectivity index (χ1n) is 8.24. The number of hydrogen-bond acceptors (Lipinski definition) is 6. The monoisotopic (exact) mass is 370 g/mol. The maximum absolute atomic E-state index is 11.4. The topological polar surface area (TPSA) is 95.0 Å². The van der Waals surface area contributed by atoms with Gasteiger partial charge in [-0.15, -0.1) is 0 Å². The summed E-state index contributed by atoms with van der Waals surface area (Å²) < 4.78 is 16.5. The number of hydrogen-bond donors (Lipinski definition) is 0. The van der Waals surface area contributed by atoms with Gasteiger partial charge in [0, 0.05) is 36.7 Å². The second kappa shape index (κ2) is 7.88. The van der Waals surface area contributed by atoms with E-state index in [1.165, 1.54) is 19.2 Å². The Balaban J connectivity index is 1.95. The molecule has 8 nitrogen and oxygen atoms in total. The van der Waals surface area contributed by atoms with Gasteiger partial charge < -0.3 is 18.8 Å². The number of nitro benzene ring substituents is 1. The molecule has 0 saturated carbocycles. The maximum Gasteiger partial charge on any atom is 0.293 e. The fourth-order valence-electron chi connectivity index (χ4n) is 2.61. The average Bonchev–Trinajstić information content (AvgIpc) is 3.10. The van der Waals surface area contributed by atoms with Crippen molar-refractivity contribution >= 4 is 28.8 Å². The van der Waals surface area contributed by atoms with Gasteiger partial charge in [0.2, 0.25) is 6.41 Å². The van der Waals surface area contributed by atoms with E-state index < -0.39 is 4.92 Å². The van der Waals surface area contributed by atoms with Crippen LogP contribution in [-0.4, -0.2) is 31.8 Å². The Morgan fingerprint density at radius 3 is 2.74 bits per heavy atom. The van der Waals surface area contributed by atoms with Crippen molar-refractivity contribution < 1.29 is 23.6 Å². The number of carbonyl (C=O) groups is 1. The second-order valence-corrected chi connectivity index (χ2v) is 5.74. The molecule has 27 heavy (non-hydrogen) atoms. The summed E-state index contributed by atoms with van der Waals surface area (Å²) in [5.41, 5.74) is 1.17. The van der Waals surface area contributed by atoms with E-state index in [-0.39, 0.29) is 18.2 Å². The third-order valence-electron chi connectivity index (χ3n) is 4.00. The van der Waals surface area contributed by atoms with Crippen molar-refractivity contribution in [2.75, 3.05) is 25.3 Å². The first-order valence-corrected chi connectivity index (χ1v) is 8.24. The number of fused-ring (bicyclic) bond motifs is 1. The summed E-state index contributed by atoms with van der Waals surface area (Å²) in [6, 6.07) is 11.8. The standard InChI is InChI=1S/C19H18N2O6/c1-3-25-12-26-15-6-4-14-9-18(27-19(14)10-15)13-5-7-16(20(2)11-22)17(8-13)21(23)24/h4-11H,3,12H2,1-2H3. The number of ether oxygens (including phenoxy) is 2. The molecule has 1 heterocycles. The lowest BCUT2D eigenvalue weighted by Crippen LogP contribution is -2.15. The van der Waals surface area contributed by atoms with E-state index in [4.69, 9.17) is 13.9 Å². The first kappa shape index (κ1) is 18.4. The van der Waals surface area contributed by atoms with Gasteiger partial charge in [0.15, 0.2) is 6.79 Å². The minimum Gasteiger partial charge on any atom is -0.467 e. The summed E-state index contributed by atoms with van der Waals surface area (Å²) >= 11 is 0. The molecule has 3 rings (SSSR count). The van der Waals surface area contributed by atoms with Gasteiger partial charge in [0.1, 0.15) is 22.8 Å². The van der Waals surface area contributed by atoms with Crippen LogP contribution in [0, 0.1) is 10.1 Å². The fraction of sp³-hybridized carbons (Fsp3) is 0.211. The Morgan fingerprint density at radius 1 is 1.22 bits per heavy atom. The highest BCUT2D eigenvalue weighted by Gasteiger charge is 2.19. The molecular weight excluding hydrogens is 352 g/mol. The van der Waals surface area contributed by atoms with Crippen molar-refractivity contribution in [3.63, 3.8) is 0 Å². The molecule has 0 atom stereocenters. The van der Waals surface area contributed by atoms with E-state index in [0.29, 0.717) is 35.7 Å². The number of nitro groups is 1. The van der Waals surface area contributed by atoms with Crippen LogP contribution in [0.4, 0.5) is 11.4 Å². The average molecular weight is 370 g/mol. The van der Waals surface area contributed by atoms with Crippen LogP contribution in [0.25, 0.3) is 22.3 Å². The third-order valence-corrected chi connectivity index (χ3v) is 4.00. The molecule has 0 N–H and O–H groups in total. The van der Waals surface area contributed by atoms with Gasteiger partial charge in [0.05, 0.1) is 4.92 Å². The number of furan rings is 1. The van der Waals surface area contributed by atoms with Crippen molar-refractivity contribution in [1.82, 2.24) is 0 Å². The fourth-order valence-corrected chi connectivity index (χ4v) is 2.61. The lowest BCUT2D eigenvalue weighted by Gasteiger charge is -2.11. The highest BCUT2D eigenvalue weighted by molar-refractivity contribution is 5.86. The minimum atomic E-state index is -0.527. The Kier molecular flexibility index (Phi) is 5.37. The molecule has 0 radical (unpaired) electrons. The van der Waals surface area contributed by atoms with E-state index in [9.17, 15) is 14.9 Å². The smallest absolute Gasteiger partial charge is 0.293 e. The normalized spacial score (nSPS) is 10.7. The molecule has 0 saturated heterocycles. The van der Waals surface area contributed by atoms with Gasteiger partial charge in [-0.05, 0) is 37.3 Å². The molecule has 8 heteroatoms. The number of carbonyl (C=O) groups excluding carboxylic acids is 1. The number of benzene rings is 2. The zero-order valence-corrected chi connectivity index (χ0v) is 14.9. The van der Waals surface area contributed by atoms with E-state index in [2.05, 4.69) is 0 Å². The van der Waals surface area contributed by atoms with Crippen LogP contribution in [0.5, 0.6) is 5.75 Å². The van der Waals surface area contributed by atoms with Gasteiger partial charge >= 0.3 is 0 Å². The van der Waals surface area contributed by atoms with E-state index in [0.717, 1.165) is 10.3 Å². The van der Waals surface area contributed by atoms with Crippen LogP contribution in [0.3, 0.4) is 0 Å². The number of rotatable bonds is 8. The summed E-state index contributed by atoms with van der Waals surface area (Å²) in [5, 5.41) is 12.2. The predicted octanol–water partition coefficient (Wildman–Crippen LogP) is 3.97. The Bertz CT molecular complexity index is 981. The molecule has 0 aliphatic heterocycles. The summed E-state index contributed by atoms with van der Waals surface area (Å²) in [6.07, 6.45) is 0.521. The first-order chi connectivity index (χ1) is 13.0. The molecule has 1 amide bonds. The summed E-state index contributed by atoms with van der Waals surface area (Å²) in [6.45, 7) is 2.58. The van der Waals surface area contributed by atoms with Gasteiger partial charge in [-0.3, -0.25) is 14.9 Å². The Labute approximate surface area is 155 Å². The molecule has 0 aliphatic carbocycles. The zero-order chi connectivity index (χ0) is 19.4. The van der Waals surface area contributed by atoms with Crippen molar-refractivity contribution in [2.45, 2.75) is 6.92 Å². The molecule has 0 spiro atoms. The van der Waals surface area contributed by atoms with E-state index >= 15 is 0 Å².